The molecule has 17 heavy (non-hydrogen) atoms. The summed E-state index contributed by atoms with van der Waals surface area (Å²) in [5, 5.41) is 11.2. The molecule has 1 saturated heterocycles. The van der Waals surface area contributed by atoms with Gasteiger partial charge in [-0.3, -0.25) is 10.1 Å². The standard InChI is InChI=1S/C11H12ClNO4/c12-8-1-2-11(10(7-8)13(14)15)17-9-3-5-16-6-4-9/h1-2,7,9H,3-6H2. The van der Waals surface area contributed by atoms with Gasteiger partial charge in [-0.2, -0.15) is 0 Å². The van der Waals surface area contributed by atoms with Crippen LogP contribution >= 0.6 is 11.6 Å². The SMILES string of the molecule is O=[N+]([O-])c1cc(Cl)ccc1OC1CCOCC1. The van der Waals surface area contributed by atoms with E-state index < -0.39 is 4.92 Å². The maximum atomic E-state index is 10.9. The fourth-order valence-corrected chi connectivity index (χ4v) is 1.87. The number of nitro benzene ring substituents is 1. The quantitative estimate of drug-likeness (QED) is 0.617. The van der Waals surface area contributed by atoms with Crippen molar-refractivity contribution in [2.45, 2.75) is 18.9 Å². The maximum absolute atomic E-state index is 10.9. The van der Waals surface area contributed by atoms with Crippen LogP contribution in [-0.4, -0.2) is 24.2 Å². The van der Waals surface area contributed by atoms with Crippen molar-refractivity contribution in [2.75, 3.05) is 13.2 Å². The lowest BCUT2D eigenvalue weighted by Gasteiger charge is -2.23. The molecular weight excluding hydrogens is 246 g/mol. The van der Waals surface area contributed by atoms with Gasteiger partial charge in [0.05, 0.1) is 18.1 Å². The molecule has 1 aromatic carbocycles. The minimum absolute atomic E-state index is 0.0244. The van der Waals surface area contributed by atoms with E-state index in [1.54, 1.807) is 6.07 Å². The second-order valence-corrected chi connectivity index (χ2v) is 4.24. The molecule has 92 valence electrons. The Balaban J connectivity index is 2.16. The van der Waals surface area contributed by atoms with Crippen LogP contribution in [0.1, 0.15) is 12.8 Å². The molecule has 0 saturated carbocycles. The van der Waals surface area contributed by atoms with Crippen LogP contribution in [0.2, 0.25) is 5.02 Å². The highest BCUT2D eigenvalue weighted by Gasteiger charge is 2.21. The minimum atomic E-state index is -0.486. The Hall–Kier alpha value is -1.33. The topological polar surface area (TPSA) is 61.6 Å². The molecule has 0 N–H and O–H groups in total. The molecule has 1 aromatic rings. The molecule has 1 fully saturated rings. The fourth-order valence-electron chi connectivity index (χ4n) is 1.71. The summed E-state index contributed by atoms with van der Waals surface area (Å²) in [6.45, 7) is 1.26. The highest BCUT2D eigenvalue weighted by Crippen LogP contribution is 2.31. The third-order valence-corrected chi connectivity index (χ3v) is 2.81. The van der Waals surface area contributed by atoms with E-state index in [4.69, 9.17) is 21.1 Å². The third-order valence-electron chi connectivity index (χ3n) is 2.58. The van der Waals surface area contributed by atoms with Crippen molar-refractivity contribution in [1.29, 1.82) is 0 Å². The molecule has 1 aliphatic rings. The van der Waals surface area contributed by atoms with E-state index in [0.29, 0.717) is 18.2 Å². The Morgan fingerprint density at radius 1 is 1.41 bits per heavy atom. The molecule has 5 nitrogen and oxygen atoms in total. The van der Waals surface area contributed by atoms with Gasteiger partial charge in [-0.15, -0.1) is 0 Å². The number of halogens is 1. The molecule has 0 spiro atoms. The van der Waals surface area contributed by atoms with Crippen LogP contribution in [0, 0.1) is 10.1 Å². The van der Waals surface area contributed by atoms with Gasteiger partial charge in [-0.05, 0) is 12.1 Å². The van der Waals surface area contributed by atoms with Gasteiger partial charge in [0.25, 0.3) is 0 Å². The van der Waals surface area contributed by atoms with Crippen LogP contribution in [0.25, 0.3) is 0 Å². The van der Waals surface area contributed by atoms with Gasteiger partial charge < -0.3 is 9.47 Å². The second kappa shape index (κ2) is 5.33. The van der Waals surface area contributed by atoms with E-state index in [2.05, 4.69) is 0 Å². The fraction of sp³-hybridized carbons (Fsp3) is 0.455. The van der Waals surface area contributed by atoms with Crippen LogP contribution < -0.4 is 4.74 Å². The van der Waals surface area contributed by atoms with Crippen LogP contribution in [0.15, 0.2) is 18.2 Å². The van der Waals surface area contributed by atoms with Crippen molar-refractivity contribution in [2.24, 2.45) is 0 Å². The molecule has 0 atom stereocenters. The van der Waals surface area contributed by atoms with Crippen LogP contribution in [0.3, 0.4) is 0 Å². The molecule has 0 bridgehead atoms. The summed E-state index contributed by atoms with van der Waals surface area (Å²) in [5.74, 6) is 0.270. The van der Waals surface area contributed by atoms with Crippen molar-refractivity contribution < 1.29 is 14.4 Å². The van der Waals surface area contributed by atoms with E-state index >= 15 is 0 Å². The lowest BCUT2D eigenvalue weighted by molar-refractivity contribution is -0.386. The van der Waals surface area contributed by atoms with Crippen molar-refractivity contribution in [1.82, 2.24) is 0 Å². The number of hydrogen-bond donors (Lipinski definition) is 0. The number of benzene rings is 1. The molecule has 0 amide bonds. The second-order valence-electron chi connectivity index (χ2n) is 3.80. The van der Waals surface area contributed by atoms with E-state index in [1.807, 2.05) is 0 Å². The molecule has 1 aliphatic heterocycles. The molecule has 0 aromatic heterocycles. The summed E-state index contributed by atoms with van der Waals surface area (Å²) >= 11 is 5.72. The minimum Gasteiger partial charge on any atom is -0.483 e. The first-order chi connectivity index (χ1) is 8.16. The molecule has 0 radical (unpaired) electrons. The molecule has 0 aliphatic carbocycles. The smallest absolute Gasteiger partial charge is 0.312 e. The Labute approximate surface area is 103 Å². The van der Waals surface area contributed by atoms with E-state index in [9.17, 15) is 10.1 Å². The number of nitrogens with zero attached hydrogens (tertiary/aromatic N) is 1. The molecule has 6 heteroatoms. The Morgan fingerprint density at radius 2 is 2.12 bits per heavy atom. The predicted molar refractivity (Wildman–Crippen MR) is 62.6 cm³/mol. The molecule has 2 rings (SSSR count). The van der Waals surface area contributed by atoms with Gasteiger partial charge in [0.15, 0.2) is 5.75 Å². The summed E-state index contributed by atoms with van der Waals surface area (Å²) in [4.78, 5) is 10.4. The molecule has 0 unspecified atom stereocenters. The highest BCUT2D eigenvalue weighted by molar-refractivity contribution is 6.30. The van der Waals surface area contributed by atoms with Gasteiger partial charge in [-0.25, -0.2) is 0 Å². The Kier molecular flexibility index (Phi) is 3.81. The summed E-state index contributed by atoms with van der Waals surface area (Å²) in [7, 11) is 0. The van der Waals surface area contributed by atoms with Gasteiger partial charge in [-0.1, -0.05) is 11.6 Å². The van der Waals surface area contributed by atoms with E-state index in [0.717, 1.165) is 12.8 Å². The van der Waals surface area contributed by atoms with Crippen molar-refractivity contribution in [3.63, 3.8) is 0 Å². The van der Waals surface area contributed by atoms with E-state index in [1.165, 1.54) is 12.1 Å². The zero-order valence-electron chi connectivity index (χ0n) is 9.10. The number of hydrogen-bond acceptors (Lipinski definition) is 4. The van der Waals surface area contributed by atoms with Gasteiger partial charge >= 0.3 is 5.69 Å². The largest absolute Gasteiger partial charge is 0.483 e. The van der Waals surface area contributed by atoms with Gasteiger partial charge in [0, 0.05) is 23.9 Å². The van der Waals surface area contributed by atoms with Crippen molar-refractivity contribution in [3.05, 3.63) is 33.3 Å². The van der Waals surface area contributed by atoms with Gasteiger partial charge in [0.1, 0.15) is 6.10 Å². The van der Waals surface area contributed by atoms with Crippen molar-refractivity contribution >= 4 is 17.3 Å². The predicted octanol–water partition coefficient (Wildman–Crippen LogP) is 2.81. The summed E-state index contributed by atoms with van der Waals surface area (Å²) in [5.41, 5.74) is -0.0935. The monoisotopic (exact) mass is 257 g/mol. The summed E-state index contributed by atoms with van der Waals surface area (Å²) in [6.07, 6.45) is 1.48. The lowest BCUT2D eigenvalue weighted by Crippen LogP contribution is -2.26. The first kappa shape index (κ1) is 12.1. The van der Waals surface area contributed by atoms with E-state index in [-0.39, 0.29) is 17.5 Å². The van der Waals surface area contributed by atoms with Crippen LogP contribution in [0.4, 0.5) is 5.69 Å². The highest BCUT2D eigenvalue weighted by atomic mass is 35.5. The molecule has 1 heterocycles. The number of rotatable bonds is 3. The molecular formula is C11H12ClNO4. The average Bonchev–Trinajstić information content (AvgIpc) is 2.32. The van der Waals surface area contributed by atoms with Crippen molar-refractivity contribution in [3.8, 4) is 5.75 Å². The average molecular weight is 258 g/mol. The van der Waals surface area contributed by atoms with Gasteiger partial charge in [0.2, 0.25) is 0 Å². The lowest BCUT2D eigenvalue weighted by atomic mass is 10.1. The Bertz CT molecular complexity index is 418. The van der Waals surface area contributed by atoms with Crippen LogP contribution in [0.5, 0.6) is 5.75 Å². The normalized spacial score (nSPS) is 16.8. The first-order valence-electron chi connectivity index (χ1n) is 5.35. The zero-order valence-corrected chi connectivity index (χ0v) is 9.85. The summed E-state index contributed by atoms with van der Waals surface area (Å²) < 4.78 is 10.8. The third kappa shape index (κ3) is 3.08. The zero-order chi connectivity index (χ0) is 12.3. The van der Waals surface area contributed by atoms with Crippen LogP contribution in [-0.2, 0) is 4.74 Å². The summed E-state index contributed by atoms with van der Waals surface area (Å²) in [6, 6.07) is 4.43. The Morgan fingerprint density at radius 3 is 2.76 bits per heavy atom. The maximum Gasteiger partial charge on any atom is 0.312 e. The number of nitro groups is 1. The first-order valence-corrected chi connectivity index (χ1v) is 5.73. The number of ether oxygens (including phenoxy) is 2.